The lowest BCUT2D eigenvalue weighted by molar-refractivity contribution is -0.139. The molecule has 0 aliphatic rings. The lowest BCUT2D eigenvalue weighted by Gasteiger charge is -2.14. The molecule has 0 spiro atoms. The summed E-state index contributed by atoms with van der Waals surface area (Å²) in [5.74, 6) is -0.738. The number of benzene rings is 1. The smallest absolute Gasteiger partial charge is 0.295 e. The Morgan fingerprint density at radius 3 is 2.22 bits per heavy atom. The standard InChI is InChI=1S/C11H6F5NO/c1-5(18)6-2-7(4-17)9(10(12)13)8(3-6)11(14,15)16/h2-3,10H,1H3. The first-order chi connectivity index (χ1) is 8.18. The Bertz CT molecular complexity index is 527. The number of halogens is 5. The van der Waals surface area contributed by atoms with Crippen LogP contribution in [-0.2, 0) is 6.18 Å². The van der Waals surface area contributed by atoms with Crippen LogP contribution in [0, 0.1) is 11.3 Å². The number of rotatable bonds is 2. The van der Waals surface area contributed by atoms with Gasteiger partial charge in [-0.3, -0.25) is 4.79 Å². The summed E-state index contributed by atoms with van der Waals surface area (Å²) in [5.41, 5.74) is -4.31. The molecule has 18 heavy (non-hydrogen) atoms. The van der Waals surface area contributed by atoms with E-state index in [1.54, 1.807) is 0 Å². The number of ketones is 1. The molecular formula is C11H6F5NO. The van der Waals surface area contributed by atoms with Gasteiger partial charge in [0.1, 0.15) is 0 Å². The third kappa shape index (κ3) is 2.64. The van der Waals surface area contributed by atoms with Crippen LogP contribution in [0.4, 0.5) is 22.0 Å². The van der Waals surface area contributed by atoms with E-state index in [1.165, 1.54) is 6.07 Å². The second kappa shape index (κ2) is 4.72. The van der Waals surface area contributed by atoms with Crippen molar-refractivity contribution in [2.75, 3.05) is 0 Å². The third-order valence-electron chi connectivity index (χ3n) is 2.23. The Kier molecular flexibility index (Phi) is 3.70. The van der Waals surface area contributed by atoms with Gasteiger partial charge in [0.15, 0.2) is 5.78 Å². The maximum atomic E-state index is 12.6. The highest BCUT2D eigenvalue weighted by atomic mass is 19.4. The molecule has 0 unspecified atom stereocenters. The van der Waals surface area contributed by atoms with E-state index in [0.29, 0.717) is 6.07 Å². The zero-order chi connectivity index (χ0) is 14.1. The summed E-state index contributed by atoms with van der Waals surface area (Å²) < 4.78 is 63.0. The zero-order valence-corrected chi connectivity index (χ0v) is 8.98. The number of alkyl halides is 5. The van der Waals surface area contributed by atoms with Crippen molar-refractivity contribution < 1.29 is 26.7 Å². The molecule has 0 radical (unpaired) electrons. The summed E-state index contributed by atoms with van der Waals surface area (Å²) in [6, 6.07) is 2.33. The average molecular weight is 263 g/mol. The summed E-state index contributed by atoms with van der Waals surface area (Å²) >= 11 is 0. The topological polar surface area (TPSA) is 40.9 Å². The van der Waals surface area contributed by atoms with Gasteiger partial charge in [0, 0.05) is 11.1 Å². The van der Waals surface area contributed by atoms with Crippen molar-refractivity contribution in [3.8, 4) is 6.07 Å². The van der Waals surface area contributed by atoms with E-state index in [9.17, 15) is 26.7 Å². The predicted octanol–water partition coefficient (Wildman–Crippen LogP) is 3.72. The van der Waals surface area contributed by atoms with Crippen molar-refractivity contribution in [1.82, 2.24) is 0 Å². The number of carbonyl (C=O) groups excluding carboxylic acids is 1. The van der Waals surface area contributed by atoms with E-state index in [0.717, 1.165) is 13.0 Å². The van der Waals surface area contributed by atoms with Gasteiger partial charge >= 0.3 is 6.18 Å². The van der Waals surface area contributed by atoms with E-state index in [2.05, 4.69) is 0 Å². The normalized spacial score (nSPS) is 11.4. The van der Waals surface area contributed by atoms with Crippen LogP contribution in [0.15, 0.2) is 12.1 Å². The van der Waals surface area contributed by atoms with Gasteiger partial charge in [-0.05, 0) is 19.1 Å². The van der Waals surface area contributed by atoms with Crippen LogP contribution in [0.25, 0.3) is 0 Å². The summed E-state index contributed by atoms with van der Waals surface area (Å²) in [6.45, 7) is 0.985. The molecule has 1 aromatic carbocycles. The summed E-state index contributed by atoms with van der Waals surface area (Å²) in [4.78, 5) is 11.0. The van der Waals surface area contributed by atoms with Crippen LogP contribution in [0.5, 0.6) is 0 Å². The fourth-order valence-corrected chi connectivity index (χ4v) is 1.42. The van der Waals surface area contributed by atoms with E-state index in [-0.39, 0.29) is 0 Å². The number of nitrogens with zero attached hydrogens (tertiary/aromatic N) is 1. The van der Waals surface area contributed by atoms with Crippen LogP contribution in [0.2, 0.25) is 0 Å². The highest BCUT2D eigenvalue weighted by molar-refractivity contribution is 5.94. The summed E-state index contributed by atoms with van der Waals surface area (Å²) in [7, 11) is 0. The Labute approximate surface area is 98.6 Å². The van der Waals surface area contributed by atoms with Crippen LogP contribution in [0.1, 0.15) is 40.4 Å². The molecule has 2 nitrogen and oxygen atoms in total. The SMILES string of the molecule is CC(=O)c1cc(C#N)c(C(F)F)c(C(F)(F)F)c1. The van der Waals surface area contributed by atoms with Gasteiger partial charge in [-0.1, -0.05) is 0 Å². The van der Waals surface area contributed by atoms with Crippen molar-refractivity contribution >= 4 is 5.78 Å². The van der Waals surface area contributed by atoms with Gasteiger partial charge in [-0.15, -0.1) is 0 Å². The van der Waals surface area contributed by atoms with Crippen molar-refractivity contribution in [3.05, 3.63) is 34.4 Å². The van der Waals surface area contributed by atoms with E-state index in [1.807, 2.05) is 0 Å². The van der Waals surface area contributed by atoms with Gasteiger partial charge in [-0.2, -0.15) is 18.4 Å². The lowest BCUT2D eigenvalue weighted by Crippen LogP contribution is -2.13. The maximum Gasteiger partial charge on any atom is 0.416 e. The molecule has 0 bridgehead atoms. The van der Waals surface area contributed by atoms with Crippen LogP contribution >= 0.6 is 0 Å². The first kappa shape index (κ1) is 14.1. The van der Waals surface area contributed by atoms with Gasteiger partial charge in [0.25, 0.3) is 6.43 Å². The first-order valence-electron chi connectivity index (χ1n) is 4.62. The van der Waals surface area contributed by atoms with Gasteiger partial charge in [-0.25, -0.2) is 8.78 Å². The predicted molar refractivity (Wildman–Crippen MR) is 51.1 cm³/mol. The van der Waals surface area contributed by atoms with Crippen molar-refractivity contribution in [2.24, 2.45) is 0 Å². The zero-order valence-electron chi connectivity index (χ0n) is 8.98. The van der Waals surface area contributed by atoms with E-state index < -0.39 is 40.6 Å². The number of carbonyl (C=O) groups is 1. The van der Waals surface area contributed by atoms with Crippen molar-refractivity contribution in [2.45, 2.75) is 19.5 Å². The first-order valence-corrected chi connectivity index (χ1v) is 4.62. The van der Waals surface area contributed by atoms with E-state index in [4.69, 9.17) is 5.26 Å². The largest absolute Gasteiger partial charge is 0.416 e. The molecule has 0 saturated carbocycles. The molecule has 0 aliphatic heterocycles. The van der Waals surface area contributed by atoms with Crippen LogP contribution in [0.3, 0.4) is 0 Å². The van der Waals surface area contributed by atoms with Crippen LogP contribution < -0.4 is 0 Å². The second-order valence-electron chi connectivity index (χ2n) is 3.45. The fraction of sp³-hybridized carbons (Fsp3) is 0.273. The number of nitriles is 1. The van der Waals surface area contributed by atoms with Crippen molar-refractivity contribution in [3.63, 3.8) is 0 Å². The molecule has 0 aliphatic carbocycles. The molecule has 0 aromatic heterocycles. The molecule has 0 atom stereocenters. The molecule has 0 fully saturated rings. The van der Waals surface area contributed by atoms with Gasteiger partial charge in [0.2, 0.25) is 0 Å². The molecule has 1 aromatic rings. The average Bonchev–Trinajstić information content (AvgIpc) is 2.25. The highest BCUT2D eigenvalue weighted by Gasteiger charge is 2.38. The summed E-state index contributed by atoms with van der Waals surface area (Å²) in [6.07, 6.45) is -8.50. The van der Waals surface area contributed by atoms with Crippen molar-refractivity contribution in [1.29, 1.82) is 5.26 Å². The second-order valence-corrected chi connectivity index (χ2v) is 3.45. The molecule has 0 heterocycles. The van der Waals surface area contributed by atoms with E-state index >= 15 is 0 Å². The monoisotopic (exact) mass is 263 g/mol. The number of hydrogen-bond donors (Lipinski definition) is 0. The van der Waals surface area contributed by atoms with Gasteiger partial charge in [0.05, 0.1) is 17.2 Å². The molecule has 96 valence electrons. The number of hydrogen-bond acceptors (Lipinski definition) is 2. The van der Waals surface area contributed by atoms with Crippen LogP contribution in [-0.4, -0.2) is 5.78 Å². The Balaban J connectivity index is 3.70. The minimum absolute atomic E-state index is 0.338. The molecule has 7 heteroatoms. The Morgan fingerprint density at radius 1 is 1.33 bits per heavy atom. The molecular weight excluding hydrogens is 257 g/mol. The maximum absolute atomic E-state index is 12.6. The quantitative estimate of drug-likeness (QED) is 0.602. The minimum Gasteiger partial charge on any atom is -0.295 e. The Morgan fingerprint density at radius 2 is 1.89 bits per heavy atom. The van der Waals surface area contributed by atoms with Gasteiger partial charge < -0.3 is 0 Å². The summed E-state index contributed by atoms with van der Waals surface area (Å²) in [5, 5.41) is 8.60. The third-order valence-corrected chi connectivity index (χ3v) is 2.23. The number of Topliss-reactive ketones (excluding diaryl/α,β-unsaturated/α-hetero) is 1. The fourth-order valence-electron chi connectivity index (χ4n) is 1.42. The Hall–Kier alpha value is -1.97. The molecule has 0 N–H and O–H groups in total. The molecule has 1 rings (SSSR count). The minimum atomic E-state index is -5.05. The lowest BCUT2D eigenvalue weighted by atomic mass is 9.96. The molecule has 0 saturated heterocycles. The molecule has 0 amide bonds. The highest BCUT2D eigenvalue weighted by Crippen LogP contribution is 2.38.